The molecule has 2 aromatic heterocycles. The van der Waals surface area contributed by atoms with Gasteiger partial charge in [0.25, 0.3) is 0 Å². The van der Waals surface area contributed by atoms with Crippen LogP contribution in [0.25, 0.3) is 11.0 Å². The SMILES string of the molecule is Br.CCCCn1c(SCC(=O)c2cccs2)nc2ccccc21. The summed E-state index contributed by atoms with van der Waals surface area (Å²) >= 11 is 3.04. The standard InChI is InChI=1S/C17H18N2OS2.BrH/c1-2-3-10-19-14-8-5-4-7-13(14)18-17(19)22-12-15(20)16-9-6-11-21-16;/h4-9,11H,2-3,10,12H2,1H3;1H. The minimum absolute atomic E-state index is 0. The molecule has 0 unspecified atom stereocenters. The van der Waals surface area contributed by atoms with E-state index in [9.17, 15) is 4.79 Å². The van der Waals surface area contributed by atoms with Gasteiger partial charge in [0.2, 0.25) is 0 Å². The van der Waals surface area contributed by atoms with Crippen molar-refractivity contribution in [2.24, 2.45) is 0 Å². The molecule has 0 saturated heterocycles. The van der Waals surface area contributed by atoms with Crippen molar-refractivity contribution in [1.82, 2.24) is 9.55 Å². The van der Waals surface area contributed by atoms with Crippen LogP contribution in [-0.2, 0) is 6.54 Å². The normalized spacial score (nSPS) is 10.7. The van der Waals surface area contributed by atoms with E-state index in [1.54, 1.807) is 0 Å². The lowest BCUT2D eigenvalue weighted by molar-refractivity contribution is 0.102. The number of unbranched alkanes of at least 4 members (excludes halogenated alkanes) is 1. The van der Waals surface area contributed by atoms with Crippen molar-refractivity contribution in [3.8, 4) is 0 Å². The number of benzene rings is 1. The second kappa shape index (κ2) is 8.66. The number of halogens is 1. The number of rotatable bonds is 7. The summed E-state index contributed by atoms with van der Waals surface area (Å²) in [7, 11) is 0. The molecule has 0 aliphatic heterocycles. The number of thiophene rings is 1. The van der Waals surface area contributed by atoms with E-state index in [2.05, 4.69) is 17.6 Å². The molecule has 0 fully saturated rings. The van der Waals surface area contributed by atoms with Crippen molar-refractivity contribution in [1.29, 1.82) is 0 Å². The Morgan fingerprint density at radius 3 is 2.83 bits per heavy atom. The smallest absolute Gasteiger partial charge is 0.183 e. The molecule has 0 spiro atoms. The Kier molecular flexibility index (Phi) is 6.87. The number of para-hydroxylation sites is 2. The molecule has 0 atom stereocenters. The Morgan fingerprint density at radius 2 is 2.09 bits per heavy atom. The number of thioether (sulfide) groups is 1. The minimum atomic E-state index is 0. The van der Waals surface area contributed by atoms with E-state index in [0.717, 1.165) is 40.5 Å². The number of ketones is 1. The molecule has 0 N–H and O–H groups in total. The first-order valence-electron chi connectivity index (χ1n) is 7.44. The lowest BCUT2D eigenvalue weighted by Gasteiger charge is -2.07. The maximum atomic E-state index is 12.2. The Balaban J connectivity index is 0.00000192. The number of aryl methyl sites for hydroxylation is 1. The van der Waals surface area contributed by atoms with E-state index in [0.29, 0.717) is 5.75 Å². The van der Waals surface area contributed by atoms with Crippen molar-refractivity contribution >= 4 is 56.9 Å². The summed E-state index contributed by atoms with van der Waals surface area (Å²) < 4.78 is 2.24. The highest BCUT2D eigenvalue weighted by molar-refractivity contribution is 8.93. The molecule has 3 rings (SSSR count). The Bertz CT molecular complexity index is 768. The molecule has 3 nitrogen and oxygen atoms in total. The van der Waals surface area contributed by atoms with Crippen molar-refractivity contribution in [2.45, 2.75) is 31.5 Å². The fraction of sp³-hybridized carbons (Fsp3) is 0.294. The zero-order valence-corrected chi connectivity index (χ0v) is 16.2. The van der Waals surface area contributed by atoms with Crippen LogP contribution in [0.4, 0.5) is 0 Å². The Morgan fingerprint density at radius 1 is 1.26 bits per heavy atom. The van der Waals surface area contributed by atoms with Crippen LogP contribution >= 0.6 is 40.1 Å². The summed E-state index contributed by atoms with van der Waals surface area (Å²) in [4.78, 5) is 17.7. The molecule has 1 aromatic carbocycles. The first kappa shape index (κ1) is 18.2. The lowest BCUT2D eigenvalue weighted by Crippen LogP contribution is -2.04. The molecule has 6 heteroatoms. The summed E-state index contributed by atoms with van der Waals surface area (Å²) in [5.41, 5.74) is 2.16. The third kappa shape index (κ3) is 4.25. The second-order valence-corrected chi connectivity index (χ2v) is 6.97. The van der Waals surface area contributed by atoms with Gasteiger partial charge >= 0.3 is 0 Å². The van der Waals surface area contributed by atoms with Crippen molar-refractivity contribution in [3.05, 3.63) is 46.7 Å². The van der Waals surface area contributed by atoms with Gasteiger partial charge < -0.3 is 4.57 Å². The molecule has 0 radical (unpaired) electrons. The average Bonchev–Trinajstić information content (AvgIpc) is 3.18. The van der Waals surface area contributed by atoms with Gasteiger partial charge in [-0.2, -0.15) is 0 Å². The number of hydrogen-bond donors (Lipinski definition) is 0. The predicted octanol–water partition coefficient (Wildman–Crippen LogP) is 5.45. The van der Waals surface area contributed by atoms with Gasteiger partial charge in [0.15, 0.2) is 10.9 Å². The van der Waals surface area contributed by atoms with E-state index in [4.69, 9.17) is 4.98 Å². The van der Waals surface area contributed by atoms with E-state index >= 15 is 0 Å². The fourth-order valence-corrected chi connectivity index (χ4v) is 4.01. The maximum Gasteiger partial charge on any atom is 0.183 e. The summed E-state index contributed by atoms with van der Waals surface area (Å²) in [6.45, 7) is 3.14. The van der Waals surface area contributed by atoms with E-state index in [-0.39, 0.29) is 22.8 Å². The maximum absolute atomic E-state index is 12.2. The zero-order valence-electron chi connectivity index (χ0n) is 12.9. The molecule has 0 bridgehead atoms. The Labute approximate surface area is 154 Å². The van der Waals surface area contributed by atoms with Gasteiger partial charge in [-0.1, -0.05) is 43.3 Å². The Hall–Kier alpha value is -1.11. The van der Waals surface area contributed by atoms with Gasteiger partial charge in [-0.25, -0.2) is 4.98 Å². The number of nitrogens with zero attached hydrogens (tertiary/aromatic N) is 2. The molecular weight excluding hydrogens is 392 g/mol. The predicted molar refractivity (Wildman–Crippen MR) is 104 cm³/mol. The van der Waals surface area contributed by atoms with Gasteiger partial charge in [-0.15, -0.1) is 28.3 Å². The van der Waals surface area contributed by atoms with Gasteiger partial charge in [0, 0.05) is 6.54 Å². The highest BCUT2D eigenvalue weighted by Crippen LogP contribution is 2.25. The third-order valence-corrected chi connectivity index (χ3v) is 5.37. The fourth-order valence-electron chi connectivity index (χ4n) is 2.33. The second-order valence-electron chi connectivity index (χ2n) is 5.08. The number of fused-ring (bicyclic) bond motifs is 1. The van der Waals surface area contributed by atoms with Gasteiger partial charge in [-0.3, -0.25) is 4.79 Å². The molecule has 23 heavy (non-hydrogen) atoms. The van der Waals surface area contributed by atoms with E-state index < -0.39 is 0 Å². The quantitative estimate of drug-likeness (QED) is 0.383. The van der Waals surface area contributed by atoms with Crippen molar-refractivity contribution < 1.29 is 4.79 Å². The van der Waals surface area contributed by atoms with Gasteiger partial charge in [0.1, 0.15) is 0 Å². The van der Waals surface area contributed by atoms with Gasteiger partial charge in [-0.05, 0) is 30.0 Å². The van der Waals surface area contributed by atoms with Crippen LogP contribution in [0.2, 0.25) is 0 Å². The monoisotopic (exact) mass is 410 g/mol. The third-order valence-electron chi connectivity index (χ3n) is 3.48. The molecule has 0 aliphatic carbocycles. The highest BCUT2D eigenvalue weighted by atomic mass is 79.9. The van der Waals surface area contributed by atoms with E-state index in [1.807, 2.05) is 35.7 Å². The number of aromatic nitrogens is 2. The van der Waals surface area contributed by atoms with Crippen LogP contribution in [0.15, 0.2) is 46.9 Å². The molecule has 122 valence electrons. The number of Topliss-reactive ketones (excluding diaryl/α,β-unsaturated/α-hetero) is 1. The summed E-state index contributed by atoms with van der Waals surface area (Å²) in [5.74, 6) is 0.616. The van der Waals surface area contributed by atoms with Crippen LogP contribution in [0.5, 0.6) is 0 Å². The topological polar surface area (TPSA) is 34.9 Å². The van der Waals surface area contributed by atoms with Crippen LogP contribution in [0.1, 0.15) is 29.4 Å². The van der Waals surface area contributed by atoms with Crippen LogP contribution < -0.4 is 0 Å². The molecule has 3 aromatic rings. The zero-order chi connectivity index (χ0) is 15.4. The number of carbonyl (C=O) groups is 1. The summed E-state index contributed by atoms with van der Waals surface area (Å²) in [6, 6.07) is 12.0. The summed E-state index contributed by atoms with van der Waals surface area (Å²) in [6.07, 6.45) is 2.26. The average molecular weight is 411 g/mol. The van der Waals surface area contributed by atoms with Gasteiger partial charge in [0.05, 0.1) is 21.7 Å². The number of imidazole rings is 1. The molecule has 0 amide bonds. The number of carbonyl (C=O) groups excluding carboxylic acids is 1. The lowest BCUT2D eigenvalue weighted by atomic mass is 10.3. The first-order valence-corrected chi connectivity index (χ1v) is 9.31. The molecular formula is C17H19BrN2OS2. The molecule has 2 heterocycles. The molecule has 0 saturated carbocycles. The minimum Gasteiger partial charge on any atom is -0.319 e. The largest absolute Gasteiger partial charge is 0.319 e. The van der Waals surface area contributed by atoms with Crippen LogP contribution in [0.3, 0.4) is 0 Å². The van der Waals surface area contributed by atoms with Crippen LogP contribution in [0, 0.1) is 0 Å². The molecule has 0 aliphatic rings. The number of hydrogen-bond acceptors (Lipinski definition) is 4. The first-order chi connectivity index (χ1) is 10.8. The van der Waals surface area contributed by atoms with Crippen molar-refractivity contribution in [3.63, 3.8) is 0 Å². The van der Waals surface area contributed by atoms with E-state index in [1.165, 1.54) is 23.1 Å². The highest BCUT2D eigenvalue weighted by Gasteiger charge is 2.13. The van der Waals surface area contributed by atoms with Crippen molar-refractivity contribution in [2.75, 3.05) is 5.75 Å². The summed E-state index contributed by atoms with van der Waals surface area (Å²) in [5, 5.41) is 2.88. The van der Waals surface area contributed by atoms with Crippen LogP contribution in [-0.4, -0.2) is 21.1 Å².